The third kappa shape index (κ3) is 6.75. The lowest BCUT2D eigenvalue weighted by molar-refractivity contribution is -0.154. The zero-order chi connectivity index (χ0) is 28.4. The molecule has 2 bridgehead atoms. The molecule has 3 aliphatic heterocycles. The van der Waals surface area contributed by atoms with Crippen molar-refractivity contribution in [2.24, 2.45) is 17.8 Å². The van der Waals surface area contributed by atoms with Crippen molar-refractivity contribution in [3.05, 3.63) is 25.3 Å². The first-order valence-electron chi connectivity index (χ1n) is 15.1. The van der Waals surface area contributed by atoms with Crippen molar-refractivity contribution in [3.63, 3.8) is 0 Å². The van der Waals surface area contributed by atoms with E-state index in [4.69, 9.17) is 9.84 Å². The number of esters is 1. The van der Waals surface area contributed by atoms with Crippen LogP contribution in [0.25, 0.3) is 0 Å². The fourth-order valence-corrected chi connectivity index (χ4v) is 9.29. The number of rotatable bonds is 19. The van der Waals surface area contributed by atoms with Crippen LogP contribution in [0.15, 0.2) is 25.3 Å². The molecule has 3 heterocycles. The van der Waals surface area contributed by atoms with Crippen molar-refractivity contribution in [2.45, 2.75) is 101 Å². The Hall–Kier alpha value is -1.80. The van der Waals surface area contributed by atoms with Gasteiger partial charge in [0.15, 0.2) is 0 Å². The number of allylic oxidation sites excluding steroid dienone is 1. The minimum absolute atomic E-state index is 0.00402. The number of fused-ring (bicyclic) bond motifs is 1. The molecule has 7 nitrogen and oxygen atoms in total. The molecule has 3 saturated heterocycles. The molecule has 39 heavy (non-hydrogen) atoms. The Labute approximate surface area is 239 Å². The Bertz CT molecular complexity index is 866. The fourth-order valence-electron chi connectivity index (χ4n) is 6.89. The molecule has 0 radical (unpaired) electrons. The van der Waals surface area contributed by atoms with Crippen molar-refractivity contribution in [3.8, 4) is 0 Å². The van der Waals surface area contributed by atoms with Gasteiger partial charge in [-0.1, -0.05) is 51.7 Å². The van der Waals surface area contributed by atoms with Gasteiger partial charge in [-0.2, -0.15) is 0 Å². The predicted octanol–water partition coefficient (Wildman–Crippen LogP) is 4.98. The third-order valence-electron chi connectivity index (χ3n) is 8.80. The van der Waals surface area contributed by atoms with Gasteiger partial charge in [0, 0.05) is 31.5 Å². The first kappa shape index (κ1) is 31.7. The summed E-state index contributed by atoms with van der Waals surface area (Å²) >= 11 is 1.71. The maximum atomic E-state index is 14.4. The number of carbonyl (C=O) groups excluding carboxylic acids is 3. The van der Waals surface area contributed by atoms with E-state index in [1.54, 1.807) is 17.8 Å². The molecule has 3 aliphatic rings. The maximum Gasteiger partial charge on any atom is 0.310 e. The van der Waals surface area contributed by atoms with Crippen molar-refractivity contribution < 1.29 is 24.2 Å². The molecule has 1 spiro atoms. The molecule has 2 amide bonds. The summed E-state index contributed by atoms with van der Waals surface area (Å²) in [4.78, 5) is 45.7. The van der Waals surface area contributed by atoms with Crippen LogP contribution in [0, 0.1) is 17.8 Å². The van der Waals surface area contributed by atoms with Gasteiger partial charge in [0.05, 0.1) is 23.2 Å². The minimum Gasteiger partial charge on any atom is -0.465 e. The topological polar surface area (TPSA) is 87.2 Å². The molecule has 0 aromatic carbocycles. The van der Waals surface area contributed by atoms with Crippen LogP contribution in [0.2, 0.25) is 0 Å². The number of amides is 2. The summed E-state index contributed by atoms with van der Waals surface area (Å²) in [6.45, 7) is 14.0. The number of unbranched alkanes of at least 4 members (excludes halogenated alkanes) is 7. The van der Waals surface area contributed by atoms with Crippen molar-refractivity contribution in [2.75, 3.05) is 32.8 Å². The van der Waals surface area contributed by atoms with E-state index in [1.165, 1.54) is 0 Å². The largest absolute Gasteiger partial charge is 0.465 e. The van der Waals surface area contributed by atoms with Gasteiger partial charge in [-0.05, 0) is 50.9 Å². The SMILES string of the molecule is C=CCCCCOC(=O)[C@@H]1[C@@H]2CC(C)C3(S2)C(C(=O)N(CC=C)CCCCC)N(CCCCCCO)C(=O)[C@H]13. The number of likely N-dealkylation sites (tertiary alicyclic amines) is 1. The second-order valence-corrected chi connectivity index (χ2v) is 13.0. The lowest BCUT2D eigenvalue weighted by atomic mass is 9.66. The van der Waals surface area contributed by atoms with E-state index >= 15 is 0 Å². The highest BCUT2D eigenvalue weighted by Crippen LogP contribution is 2.68. The standard InChI is InChI=1S/C31H50N2O5S/c1-5-8-10-16-21-38-30(37)25-24-22-23(4)31(39-24)26(25)28(35)33(19-14-11-12-15-20-34)27(31)29(36)32(17-7-3)18-13-9-6-2/h5,7,23-27,34H,1,3,6,8-22H2,2,4H3/t23?,24-,25+,26-,27?,31?/m0/s1. The van der Waals surface area contributed by atoms with E-state index in [9.17, 15) is 14.4 Å². The highest BCUT2D eigenvalue weighted by atomic mass is 32.2. The van der Waals surface area contributed by atoms with Crippen LogP contribution in [-0.2, 0) is 19.1 Å². The van der Waals surface area contributed by atoms with Crippen molar-refractivity contribution in [1.29, 1.82) is 0 Å². The van der Waals surface area contributed by atoms with Gasteiger partial charge in [0.1, 0.15) is 6.04 Å². The van der Waals surface area contributed by atoms with Gasteiger partial charge in [0.2, 0.25) is 11.8 Å². The molecule has 3 fully saturated rings. The molecule has 6 atom stereocenters. The average Bonchev–Trinajstić information content (AvgIpc) is 3.51. The number of ether oxygens (including phenoxy) is 1. The zero-order valence-corrected chi connectivity index (χ0v) is 25.0. The van der Waals surface area contributed by atoms with Gasteiger partial charge < -0.3 is 19.6 Å². The Morgan fingerprint density at radius 3 is 2.59 bits per heavy atom. The summed E-state index contributed by atoms with van der Waals surface area (Å²) in [7, 11) is 0. The Morgan fingerprint density at radius 1 is 1.13 bits per heavy atom. The Kier molecular flexibility index (Phi) is 12.4. The molecule has 220 valence electrons. The average molecular weight is 563 g/mol. The van der Waals surface area contributed by atoms with Crippen LogP contribution >= 0.6 is 11.8 Å². The molecule has 3 rings (SSSR count). The number of carbonyl (C=O) groups is 3. The quantitative estimate of drug-likeness (QED) is 0.136. The lowest BCUT2D eigenvalue weighted by Gasteiger charge is -2.40. The van der Waals surface area contributed by atoms with Crippen molar-refractivity contribution >= 4 is 29.5 Å². The van der Waals surface area contributed by atoms with E-state index in [1.807, 2.05) is 15.9 Å². The first-order valence-corrected chi connectivity index (χ1v) is 16.0. The van der Waals surface area contributed by atoms with Crippen LogP contribution in [0.3, 0.4) is 0 Å². The Morgan fingerprint density at radius 2 is 1.90 bits per heavy atom. The van der Waals surface area contributed by atoms with Crippen molar-refractivity contribution in [1.82, 2.24) is 9.80 Å². The van der Waals surface area contributed by atoms with Gasteiger partial charge in [0.25, 0.3) is 0 Å². The molecule has 0 aromatic heterocycles. The molecule has 8 heteroatoms. The summed E-state index contributed by atoms with van der Waals surface area (Å²) in [5.74, 6) is -1.22. The highest BCUT2D eigenvalue weighted by molar-refractivity contribution is 8.02. The van der Waals surface area contributed by atoms with Crippen LogP contribution in [-0.4, -0.2) is 81.6 Å². The maximum absolute atomic E-state index is 14.4. The molecule has 0 saturated carbocycles. The van der Waals surface area contributed by atoms with Gasteiger partial charge >= 0.3 is 5.97 Å². The number of thioether (sulfide) groups is 1. The normalized spacial score (nSPS) is 28.9. The fraction of sp³-hybridized carbons (Fsp3) is 0.774. The summed E-state index contributed by atoms with van der Waals surface area (Å²) in [5.41, 5.74) is 0. The van der Waals surface area contributed by atoms with E-state index < -0.39 is 22.6 Å². The van der Waals surface area contributed by atoms with E-state index in [0.29, 0.717) is 26.2 Å². The summed E-state index contributed by atoms with van der Waals surface area (Å²) in [5, 5.41) is 9.16. The second kappa shape index (κ2) is 15.3. The highest BCUT2D eigenvalue weighted by Gasteiger charge is 2.76. The monoisotopic (exact) mass is 562 g/mol. The molecular weight excluding hydrogens is 512 g/mol. The van der Waals surface area contributed by atoms with Gasteiger partial charge in [-0.15, -0.1) is 24.9 Å². The number of aliphatic hydroxyl groups excluding tert-OH is 1. The van der Waals surface area contributed by atoms with E-state index in [-0.39, 0.29) is 35.6 Å². The number of hydrogen-bond acceptors (Lipinski definition) is 6. The second-order valence-electron chi connectivity index (χ2n) is 11.5. The first-order chi connectivity index (χ1) is 18.9. The summed E-state index contributed by atoms with van der Waals surface area (Å²) < 4.78 is 5.12. The van der Waals surface area contributed by atoms with Gasteiger partial charge in [-0.25, -0.2) is 0 Å². The van der Waals surface area contributed by atoms with Gasteiger partial charge in [-0.3, -0.25) is 14.4 Å². The summed E-state index contributed by atoms with van der Waals surface area (Å²) in [6, 6.07) is -0.579. The summed E-state index contributed by atoms with van der Waals surface area (Å²) in [6.07, 6.45) is 13.3. The molecule has 0 aliphatic carbocycles. The minimum atomic E-state index is -0.610. The molecule has 1 N–H and O–H groups in total. The van der Waals surface area contributed by atoms with E-state index in [2.05, 4.69) is 27.0 Å². The van der Waals surface area contributed by atoms with Crippen LogP contribution in [0.5, 0.6) is 0 Å². The smallest absolute Gasteiger partial charge is 0.310 e. The molecule has 3 unspecified atom stereocenters. The number of aliphatic hydroxyl groups is 1. The van der Waals surface area contributed by atoms with E-state index in [0.717, 1.165) is 70.6 Å². The molecule has 0 aromatic rings. The number of nitrogens with zero attached hydrogens (tertiary/aromatic N) is 2. The number of hydrogen-bond donors (Lipinski definition) is 1. The predicted molar refractivity (Wildman–Crippen MR) is 157 cm³/mol. The third-order valence-corrected chi connectivity index (χ3v) is 10.9. The van der Waals surface area contributed by atoms with Crippen LogP contribution < -0.4 is 0 Å². The zero-order valence-electron chi connectivity index (χ0n) is 24.2. The Balaban J connectivity index is 1.88. The lowest BCUT2D eigenvalue weighted by Crippen LogP contribution is -2.57. The van der Waals surface area contributed by atoms with Crippen LogP contribution in [0.4, 0.5) is 0 Å². The van der Waals surface area contributed by atoms with Crippen LogP contribution in [0.1, 0.15) is 84.5 Å². The molecular formula is C31H50N2O5S.